The second-order valence-corrected chi connectivity index (χ2v) is 9.34. The molecule has 0 saturated carbocycles. The summed E-state index contributed by atoms with van der Waals surface area (Å²) in [5, 5.41) is 12.4. The standard InChI is InChI=1S/C27H24BrIN2O4/c1-3-33-25-15-19(14-24(29)26(25)34-4-2)13-20(16-30)27(32)31-22-9-11-23(12-10-22)35-17-18-5-7-21(28)8-6-18/h5-15H,3-4,17H2,1-2H3,(H,31,32)/b20-13+. The highest BCUT2D eigenvalue weighted by molar-refractivity contribution is 14.1. The number of nitrogens with one attached hydrogen (secondary N) is 1. The molecule has 0 atom stereocenters. The average molecular weight is 647 g/mol. The third-order valence-corrected chi connectivity index (χ3v) is 6.06. The Kier molecular flexibility index (Phi) is 9.99. The van der Waals surface area contributed by atoms with Crippen LogP contribution in [0.5, 0.6) is 17.2 Å². The average Bonchev–Trinajstić information content (AvgIpc) is 2.85. The number of carbonyl (C=O) groups is 1. The molecule has 0 saturated heterocycles. The number of hydrogen-bond donors (Lipinski definition) is 1. The summed E-state index contributed by atoms with van der Waals surface area (Å²) in [5.41, 5.74) is 2.25. The van der Waals surface area contributed by atoms with Gasteiger partial charge in [0, 0.05) is 10.2 Å². The summed E-state index contributed by atoms with van der Waals surface area (Å²) in [6.45, 7) is 5.20. The van der Waals surface area contributed by atoms with Gasteiger partial charge in [-0.2, -0.15) is 5.26 Å². The van der Waals surface area contributed by atoms with Crippen molar-refractivity contribution in [2.75, 3.05) is 18.5 Å². The normalized spacial score (nSPS) is 10.9. The highest BCUT2D eigenvalue weighted by Gasteiger charge is 2.14. The van der Waals surface area contributed by atoms with Gasteiger partial charge in [0.15, 0.2) is 11.5 Å². The Morgan fingerprint density at radius 2 is 1.71 bits per heavy atom. The fourth-order valence-corrected chi connectivity index (χ4v) is 4.16. The maximum Gasteiger partial charge on any atom is 0.266 e. The first kappa shape index (κ1) is 26.6. The minimum absolute atomic E-state index is 0.0250. The number of nitrogens with zero attached hydrogens (tertiary/aromatic N) is 1. The van der Waals surface area contributed by atoms with Crippen LogP contribution in [0.3, 0.4) is 0 Å². The lowest BCUT2D eigenvalue weighted by Crippen LogP contribution is -2.13. The van der Waals surface area contributed by atoms with Crippen LogP contribution in [0.2, 0.25) is 0 Å². The molecule has 3 aromatic rings. The van der Waals surface area contributed by atoms with Crippen LogP contribution in [0, 0.1) is 14.9 Å². The molecular formula is C27H24BrIN2O4. The molecule has 0 fully saturated rings. The highest BCUT2D eigenvalue weighted by atomic mass is 127. The monoisotopic (exact) mass is 646 g/mol. The Morgan fingerprint density at radius 1 is 1.03 bits per heavy atom. The molecule has 8 heteroatoms. The minimum atomic E-state index is -0.502. The van der Waals surface area contributed by atoms with E-state index in [1.807, 2.05) is 50.2 Å². The summed E-state index contributed by atoms with van der Waals surface area (Å²) in [4.78, 5) is 12.7. The van der Waals surface area contributed by atoms with Gasteiger partial charge in [0.2, 0.25) is 0 Å². The number of amides is 1. The van der Waals surface area contributed by atoms with Crippen molar-refractivity contribution in [2.45, 2.75) is 20.5 Å². The van der Waals surface area contributed by atoms with E-state index in [2.05, 4.69) is 43.8 Å². The van der Waals surface area contributed by atoms with E-state index in [1.165, 1.54) is 6.08 Å². The number of benzene rings is 3. The maximum absolute atomic E-state index is 12.7. The van der Waals surface area contributed by atoms with E-state index < -0.39 is 5.91 Å². The highest BCUT2D eigenvalue weighted by Crippen LogP contribution is 2.35. The van der Waals surface area contributed by atoms with Crippen LogP contribution in [0.1, 0.15) is 25.0 Å². The lowest BCUT2D eigenvalue weighted by molar-refractivity contribution is -0.112. The van der Waals surface area contributed by atoms with Crippen LogP contribution in [0.25, 0.3) is 6.08 Å². The molecule has 0 radical (unpaired) electrons. The van der Waals surface area contributed by atoms with Crippen LogP contribution >= 0.6 is 38.5 Å². The smallest absolute Gasteiger partial charge is 0.266 e. The minimum Gasteiger partial charge on any atom is -0.490 e. The lowest BCUT2D eigenvalue weighted by Gasteiger charge is -2.13. The first-order valence-electron chi connectivity index (χ1n) is 10.9. The number of ether oxygens (including phenoxy) is 3. The topological polar surface area (TPSA) is 80.6 Å². The lowest BCUT2D eigenvalue weighted by atomic mass is 10.1. The molecule has 0 aromatic heterocycles. The van der Waals surface area contributed by atoms with E-state index in [4.69, 9.17) is 14.2 Å². The molecule has 180 valence electrons. The number of halogens is 2. The van der Waals surface area contributed by atoms with E-state index in [0.717, 1.165) is 13.6 Å². The van der Waals surface area contributed by atoms with Gasteiger partial charge in [-0.1, -0.05) is 28.1 Å². The summed E-state index contributed by atoms with van der Waals surface area (Å²) in [6.07, 6.45) is 1.53. The van der Waals surface area contributed by atoms with Crippen LogP contribution in [0.15, 0.2) is 70.7 Å². The van der Waals surface area contributed by atoms with Gasteiger partial charge in [0.25, 0.3) is 5.91 Å². The van der Waals surface area contributed by atoms with E-state index in [1.54, 1.807) is 30.3 Å². The maximum atomic E-state index is 12.7. The molecule has 0 aliphatic carbocycles. The zero-order chi connectivity index (χ0) is 25.2. The van der Waals surface area contributed by atoms with Gasteiger partial charge < -0.3 is 19.5 Å². The van der Waals surface area contributed by atoms with Crippen LogP contribution in [-0.2, 0) is 11.4 Å². The van der Waals surface area contributed by atoms with Crippen molar-refractivity contribution in [1.82, 2.24) is 0 Å². The zero-order valence-electron chi connectivity index (χ0n) is 19.3. The molecule has 6 nitrogen and oxygen atoms in total. The quantitative estimate of drug-likeness (QED) is 0.146. The SMILES string of the molecule is CCOc1cc(/C=C(\C#N)C(=O)Nc2ccc(OCc3ccc(Br)cc3)cc2)cc(I)c1OCC. The van der Waals surface area contributed by atoms with Gasteiger partial charge in [-0.3, -0.25) is 4.79 Å². The van der Waals surface area contributed by atoms with E-state index in [-0.39, 0.29) is 5.57 Å². The summed E-state index contributed by atoms with van der Waals surface area (Å²) in [6, 6.07) is 20.5. The van der Waals surface area contributed by atoms with Gasteiger partial charge >= 0.3 is 0 Å². The fourth-order valence-electron chi connectivity index (χ4n) is 3.11. The Balaban J connectivity index is 1.69. The van der Waals surface area contributed by atoms with Gasteiger partial charge in [0.1, 0.15) is 24.0 Å². The molecule has 3 rings (SSSR count). The van der Waals surface area contributed by atoms with Crippen molar-refractivity contribution in [2.24, 2.45) is 0 Å². The summed E-state index contributed by atoms with van der Waals surface area (Å²) in [7, 11) is 0. The third-order valence-electron chi connectivity index (χ3n) is 4.73. The molecule has 0 aliphatic heterocycles. The third kappa shape index (κ3) is 7.73. The summed E-state index contributed by atoms with van der Waals surface area (Å²) >= 11 is 5.57. The van der Waals surface area contributed by atoms with Gasteiger partial charge in [0.05, 0.1) is 16.8 Å². The second-order valence-electron chi connectivity index (χ2n) is 7.26. The first-order valence-corrected chi connectivity index (χ1v) is 12.8. The van der Waals surface area contributed by atoms with Gasteiger partial charge in [-0.15, -0.1) is 0 Å². The largest absolute Gasteiger partial charge is 0.490 e. The second kappa shape index (κ2) is 13.2. The number of rotatable bonds is 10. The van der Waals surface area contributed by atoms with Gasteiger partial charge in [-0.05, 0) is 102 Å². The summed E-state index contributed by atoms with van der Waals surface area (Å²) in [5.74, 6) is 1.40. The number of hydrogen-bond acceptors (Lipinski definition) is 5. The zero-order valence-corrected chi connectivity index (χ0v) is 23.1. The summed E-state index contributed by atoms with van der Waals surface area (Å²) < 4.78 is 19.0. The Hall–Kier alpha value is -3.03. The fraction of sp³-hybridized carbons (Fsp3) is 0.185. The molecule has 35 heavy (non-hydrogen) atoms. The van der Waals surface area contributed by atoms with Crippen LogP contribution < -0.4 is 19.5 Å². The Bertz CT molecular complexity index is 1240. The molecule has 0 heterocycles. The molecule has 0 spiro atoms. The van der Waals surface area contributed by atoms with Gasteiger partial charge in [-0.25, -0.2) is 0 Å². The molecular weight excluding hydrogens is 623 g/mol. The van der Waals surface area contributed by atoms with E-state index >= 15 is 0 Å². The van der Waals surface area contributed by atoms with Crippen molar-refractivity contribution in [3.8, 4) is 23.3 Å². The molecule has 0 aliphatic rings. The van der Waals surface area contributed by atoms with Crippen molar-refractivity contribution < 1.29 is 19.0 Å². The van der Waals surface area contributed by atoms with Crippen LogP contribution in [-0.4, -0.2) is 19.1 Å². The first-order chi connectivity index (χ1) is 16.9. The van der Waals surface area contributed by atoms with Crippen molar-refractivity contribution in [1.29, 1.82) is 5.26 Å². The van der Waals surface area contributed by atoms with Crippen molar-refractivity contribution in [3.63, 3.8) is 0 Å². The predicted octanol–water partition coefficient (Wildman–Crippen LogP) is 6.98. The number of anilines is 1. The Labute approximate surface area is 227 Å². The molecule has 0 unspecified atom stereocenters. The molecule has 3 aromatic carbocycles. The Morgan fingerprint density at radius 3 is 2.34 bits per heavy atom. The van der Waals surface area contributed by atoms with Crippen molar-refractivity contribution >= 4 is 56.2 Å². The molecule has 1 amide bonds. The predicted molar refractivity (Wildman–Crippen MR) is 149 cm³/mol. The number of nitriles is 1. The molecule has 0 bridgehead atoms. The van der Waals surface area contributed by atoms with E-state index in [9.17, 15) is 10.1 Å². The van der Waals surface area contributed by atoms with Crippen LogP contribution in [0.4, 0.5) is 5.69 Å². The van der Waals surface area contributed by atoms with Crippen molar-refractivity contribution in [3.05, 3.63) is 85.4 Å². The molecule has 1 N–H and O–H groups in total. The van der Waals surface area contributed by atoms with E-state index in [0.29, 0.717) is 48.3 Å². The number of carbonyl (C=O) groups excluding carboxylic acids is 1.